The molecule has 0 saturated carbocycles. The maximum absolute atomic E-state index is 13.1. The first kappa shape index (κ1) is 14.2. The third kappa shape index (κ3) is 3.39. The Kier molecular flexibility index (Phi) is 4.32. The summed E-state index contributed by atoms with van der Waals surface area (Å²) < 4.78 is 27.0. The molecule has 0 aliphatic carbocycles. The third-order valence-electron chi connectivity index (χ3n) is 3.06. The zero-order valence-electron chi connectivity index (χ0n) is 10.5. The standard InChI is InChI=1S/C15H14BrF2N/c1-9-2-4-11(8-12(9)16)15(19)7-10-3-5-13(17)14(18)6-10/h2-6,8,15H,7,19H2,1H3. The molecule has 0 heterocycles. The first-order chi connectivity index (χ1) is 8.97. The summed E-state index contributed by atoms with van der Waals surface area (Å²) >= 11 is 3.46. The van der Waals surface area contributed by atoms with Crippen LogP contribution in [0.4, 0.5) is 8.78 Å². The molecule has 1 unspecified atom stereocenters. The Morgan fingerprint density at radius 2 is 1.84 bits per heavy atom. The summed E-state index contributed by atoms with van der Waals surface area (Å²) in [6, 6.07) is 9.51. The Labute approximate surface area is 119 Å². The van der Waals surface area contributed by atoms with E-state index in [1.54, 1.807) is 6.07 Å². The summed E-state index contributed by atoms with van der Waals surface area (Å²) in [5, 5.41) is 0. The van der Waals surface area contributed by atoms with Gasteiger partial charge in [-0.05, 0) is 48.2 Å². The highest BCUT2D eigenvalue weighted by molar-refractivity contribution is 9.10. The van der Waals surface area contributed by atoms with Crippen molar-refractivity contribution in [2.45, 2.75) is 19.4 Å². The first-order valence-electron chi connectivity index (χ1n) is 5.93. The summed E-state index contributed by atoms with van der Waals surface area (Å²) in [7, 11) is 0. The van der Waals surface area contributed by atoms with E-state index in [1.807, 2.05) is 25.1 Å². The van der Waals surface area contributed by atoms with Crippen LogP contribution in [0.3, 0.4) is 0 Å². The highest BCUT2D eigenvalue weighted by Gasteiger charge is 2.10. The molecule has 19 heavy (non-hydrogen) atoms. The summed E-state index contributed by atoms with van der Waals surface area (Å²) in [6.07, 6.45) is 0.465. The molecule has 4 heteroatoms. The first-order valence-corrected chi connectivity index (χ1v) is 6.72. The van der Waals surface area contributed by atoms with Crippen LogP contribution in [0.1, 0.15) is 22.7 Å². The van der Waals surface area contributed by atoms with E-state index in [4.69, 9.17) is 5.73 Å². The number of nitrogens with two attached hydrogens (primary N) is 1. The smallest absolute Gasteiger partial charge is 0.159 e. The largest absolute Gasteiger partial charge is 0.324 e. The Balaban J connectivity index is 2.17. The van der Waals surface area contributed by atoms with Crippen molar-refractivity contribution in [3.8, 4) is 0 Å². The molecule has 0 fully saturated rings. The van der Waals surface area contributed by atoms with Crippen molar-refractivity contribution in [2.75, 3.05) is 0 Å². The van der Waals surface area contributed by atoms with Gasteiger partial charge in [0.05, 0.1) is 0 Å². The zero-order valence-corrected chi connectivity index (χ0v) is 12.0. The number of rotatable bonds is 3. The number of aryl methyl sites for hydroxylation is 1. The predicted molar refractivity (Wildman–Crippen MR) is 75.9 cm³/mol. The molecule has 0 spiro atoms. The molecule has 0 aliphatic rings. The SMILES string of the molecule is Cc1ccc(C(N)Cc2ccc(F)c(F)c2)cc1Br. The quantitative estimate of drug-likeness (QED) is 0.895. The molecule has 1 atom stereocenters. The number of hydrogen-bond donors (Lipinski definition) is 1. The Morgan fingerprint density at radius 1 is 1.11 bits per heavy atom. The summed E-state index contributed by atoms with van der Waals surface area (Å²) in [4.78, 5) is 0. The van der Waals surface area contributed by atoms with Crippen LogP contribution in [-0.4, -0.2) is 0 Å². The van der Waals surface area contributed by atoms with Crippen molar-refractivity contribution in [3.05, 3.63) is 69.2 Å². The molecule has 2 aromatic rings. The van der Waals surface area contributed by atoms with E-state index in [0.29, 0.717) is 12.0 Å². The molecule has 2 N–H and O–H groups in total. The summed E-state index contributed by atoms with van der Waals surface area (Å²) in [5.41, 5.74) is 8.87. The summed E-state index contributed by atoms with van der Waals surface area (Å²) in [5.74, 6) is -1.68. The van der Waals surface area contributed by atoms with Crippen LogP contribution in [-0.2, 0) is 6.42 Å². The summed E-state index contributed by atoms with van der Waals surface area (Å²) in [6.45, 7) is 1.99. The van der Waals surface area contributed by atoms with Crippen molar-refractivity contribution >= 4 is 15.9 Å². The molecule has 0 radical (unpaired) electrons. The van der Waals surface area contributed by atoms with Gasteiger partial charge in [-0.15, -0.1) is 0 Å². The van der Waals surface area contributed by atoms with Crippen LogP contribution in [0.2, 0.25) is 0 Å². The normalized spacial score (nSPS) is 12.5. The Bertz CT molecular complexity index is 599. The number of benzene rings is 2. The predicted octanol–water partition coefficient (Wildman–Crippen LogP) is 4.28. The lowest BCUT2D eigenvalue weighted by atomic mass is 9.99. The van der Waals surface area contributed by atoms with Crippen molar-refractivity contribution in [3.63, 3.8) is 0 Å². The van der Waals surface area contributed by atoms with Gasteiger partial charge in [-0.2, -0.15) is 0 Å². The molecule has 2 aromatic carbocycles. The van der Waals surface area contributed by atoms with E-state index >= 15 is 0 Å². The maximum atomic E-state index is 13.1. The van der Waals surface area contributed by atoms with E-state index in [9.17, 15) is 8.78 Å². The van der Waals surface area contributed by atoms with Gasteiger partial charge in [-0.3, -0.25) is 0 Å². The monoisotopic (exact) mass is 325 g/mol. The van der Waals surface area contributed by atoms with Gasteiger partial charge in [-0.25, -0.2) is 8.78 Å². The molecule has 0 bridgehead atoms. The van der Waals surface area contributed by atoms with Crippen LogP contribution in [0.25, 0.3) is 0 Å². The lowest BCUT2D eigenvalue weighted by molar-refractivity contribution is 0.506. The second-order valence-corrected chi connectivity index (χ2v) is 5.42. The van der Waals surface area contributed by atoms with Gasteiger partial charge in [0.15, 0.2) is 11.6 Å². The minimum Gasteiger partial charge on any atom is -0.324 e. The molecule has 1 nitrogen and oxygen atoms in total. The molecular formula is C15H14BrF2N. The second kappa shape index (κ2) is 5.80. The van der Waals surface area contributed by atoms with Crippen molar-refractivity contribution < 1.29 is 8.78 Å². The van der Waals surface area contributed by atoms with Gasteiger partial charge in [0.1, 0.15) is 0 Å². The highest BCUT2D eigenvalue weighted by atomic mass is 79.9. The molecule has 2 rings (SSSR count). The van der Waals surface area contributed by atoms with E-state index in [-0.39, 0.29) is 6.04 Å². The average molecular weight is 326 g/mol. The van der Waals surface area contributed by atoms with Crippen LogP contribution < -0.4 is 5.73 Å². The van der Waals surface area contributed by atoms with Crippen LogP contribution in [0, 0.1) is 18.6 Å². The fourth-order valence-corrected chi connectivity index (χ4v) is 2.27. The van der Waals surface area contributed by atoms with Gasteiger partial charge in [-0.1, -0.05) is 34.1 Å². The van der Waals surface area contributed by atoms with Gasteiger partial charge < -0.3 is 5.73 Å². The Morgan fingerprint density at radius 3 is 2.47 bits per heavy atom. The van der Waals surface area contributed by atoms with E-state index in [0.717, 1.165) is 21.7 Å². The van der Waals surface area contributed by atoms with Crippen LogP contribution >= 0.6 is 15.9 Å². The van der Waals surface area contributed by atoms with Gasteiger partial charge in [0.2, 0.25) is 0 Å². The van der Waals surface area contributed by atoms with Crippen LogP contribution in [0.15, 0.2) is 40.9 Å². The van der Waals surface area contributed by atoms with Gasteiger partial charge in [0.25, 0.3) is 0 Å². The molecule has 0 aromatic heterocycles. The highest BCUT2D eigenvalue weighted by Crippen LogP contribution is 2.23. The maximum Gasteiger partial charge on any atom is 0.159 e. The topological polar surface area (TPSA) is 26.0 Å². The number of halogens is 3. The van der Waals surface area contributed by atoms with Gasteiger partial charge >= 0.3 is 0 Å². The second-order valence-electron chi connectivity index (χ2n) is 4.57. The van der Waals surface area contributed by atoms with Crippen molar-refractivity contribution in [1.29, 1.82) is 0 Å². The molecule has 0 amide bonds. The molecular weight excluding hydrogens is 312 g/mol. The fraction of sp³-hybridized carbons (Fsp3) is 0.200. The zero-order chi connectivity index (χ0) is 14.0. The minimum atomic E-state index is -0.838. The van der Waals surface area contributed by atoms with Crippen LogP contribution in [0.5, 0.6) is 0 Å². The third-order valence-corrected chi connectivity index (χ3v) is 3.92. The lowest BCUT2D eigenvalue weighted by Crippen LogP contribution is -2.13. The van der Waals surface area contributed by atoms with E-state index < -0.39 is 11.6 Å². The Hall–Kier alpha value is -1.26. The fourth-order valence-electron chi connectivity index (χ4n) is 1.88. The van der Waals surface area contributed by atoms with Crippen molar-refractivity contribution in [2.24, 2.45) is 5.73 Å². The molecule has 100 valence electrons. The molecule has 0 aliphatic heterocycles. The van der Waals surface area contributed by atoms with Gasteiger partial charge in [0, 0.05) is 10.5 Å². The lowest BCUT2D eigenvalue weighted by Gasteiger charge is -2.13. The minimum absolute atomic E-state index is 0.248. The van der Waals surface area contributed by atoms with E-state index in [1.165, 1.54) is 6.07 Å². The average Bonchev–Trinajstić information content (AvgIpc) is 2.37. The molecule has 0 saturated heterocycles. The van der Waals surface area contributed by atoms with Crippen molar-refractivity contribution in [1.82, 2.24) is 0 Å². The number of hydrogen-bond acceptors (Lipinski definition) is 1. The van der Waals surface area contributed by atoms with E-state index in [2.05, 4.69) is 15.9 Å².